The summed E-state index contributed by atoms with van der Waals surface area (Å²) in [5, 5.41) is 17.4. The minimum absolute atomic E-state index is 0.141. The molecule has 10 heteroatoms. The lowest BCUT2D eigenvalue weighted by atomic mass is 10.2. The summed E-state index contributed by atoms with van der Waals surface area (Å²) in [7, 11) is 0. The van der Waals surface area contributed by atoms with Gasteiger partial charge in [0.2, 0.25) is 18.5 Å². The number of ether oxygens (including phenoxy) is 2. The standard InChI is InChI=1S/C18H14N4O6/c23-18(12-2-1-3-13(8-12)22(24)25)19-7-6-16-20-17(21-28-16)11-4-5-14-15(9-11)27-10-26-14/h1-5,8-9H,6-7,10H2,(H,19,23). The molecule has 1 amide bonds. The summed E-state index contributed by atoms with van der Waals surface area (Å²) in [6.07, 6.45) is 0.318. The highest BCUT2D eigenvalue weighted by Gasteiger charge is 2.17. The normalized spacial score (nSPS) is 12.0. The van der Waals surface area contributed by atoms with Crippen LogP contribution in [0.5, 0.6) is 11.5 Å². The first-order valence-corrected chi connectivity index (χ1v) is 8.35. The van der Waals surface area contributed by atoms with Crippen molar-refractivity contribution in [1.82, 2.24) is 15.5 Å². The molecule has 142 valence electrons. The number of nitro benzene ring substituents is 1. The Labute approximate surface area is 158 Å². The first-order chi connectivity index (χ1) is 13.6. The van der Waals surface area contributed by atoms with Crippen LogP contribution in [0, 0.1) is 10.1 Å². The van der Waals surface area contributed by atoms with E-state index < -0.39 is 10.8 Å². The molecule has 0 radical (unpaired) electrons. The number of aromatic nitrogens is 2. The Morgan fingerprint density at radius 1 is 1.18 bits per heavy atom. The minimum Gasteiger partial charge on any atom is -0.454 e. The molecule has 2 aromatic carbocycles. The van der Waals surface area contributed by atoms with Crippen molar-refractivity contribution in [2.75, 3.05) is 13.3 Å². The second-order valence-electron chi connectivity index (χ2n) is 5.89. The highest BCUT2D eigenvalue weighted by molar-refractivity contribution is 5.94. The van der Waals surface area contributed by atoms with Crippen molar-refractivity contribution in [2.24, 2.45) is 0 Å². The number of non-ortho nitro benzene ring substituents is 1. The topological polar surface area (TPSA) is 130 Å². The number of hydrogen-bond donors (Lipinski definition) is 1. The molecule has 2 heterocycles. The van der Waals surface area contributed by atoms with Gasteiger partial charge in [0.05, 0.1) is 4.92 Å². The van der Waals surface area contributed by atoms with Crippen LogP contribution in [-0.2, 0) is 6.42 Å². The van der Waals surface area contributed by atoms with Gasteiger partial charge in [-0.1, -0.05) is 11.2 Å². The van der Waals surface area contributed by atoms with Gasteiger partial charge >= 0.3 is 0 Å². The Morgan fingerprint density at radius 2 is 2.04 bits per heavy atom. The number of hydrogen-bond acceptors (Lipinski definition) is 8. The Kier molecular flexibility index (Phi) is 4.58. The van der Waals surface area contributed by atoms with E-state index in [1.54, 1.807) is 18.2 Å². The smallest absolute Gasteiger partial charge is 0.270 e. The van der Waals surface area contributed by atoms with Crippen molar-refractivity contribution < 1.29 is 23.7 Å². The Bertz CT molecular complexity index is 1050. The number of carbonyl (C=O) groups excluding carboxylic acids is 1. The summed E-state index contributed by atoms with van der Waals surface area (Å²) in [4.78, 5) is 26.7. The monoisotopic (exact) mass is 382 g/mol. The quantitative estimate of drug-likeness (QED) is 0.508. The Balaban J connectivity index is 1.35. The lowest BCUT2D eigenvalue weighted by Gasteiger charge is -2.03. The van der Waals surface area contributed by atoms with Gasteiger partial charge in [0, 0.05) is 36.2 Å². The average Bonchev–Trinajstić information content (AvgIpc) is 3.36. The van der Waals surface area contributed by atoms with Crippen LogP contribution in [0.4, 0.5) is 5.69 Å². The second kappa shape index (κ2) is 7.35. The van der Waals surface area contributed by atoms with Gasteiger partial charge in [-0.2, -0.15) is 4.98 Å². The highest BCUT2D eigenvalue weighted by atomic mass is 16.7. The van der Waals surface area contributed by atoms with Crippen LogP contribution in [0.15, 0.2) is 47.0 Å². The number of carbonyl (C=O) groups is 1. The molecule has 1 aliphatic heterocycles. The molecule has 1 aliphatic rings. The summed E-state index contributed by atoms with van der Waals surface area (Å²) in [6, 6.07) is 10.8. The predicted octanol–water partition coefficient (Wildman–Crippen LogP) is 2.35. The zero-order valence-corrected chi connectivity index (χ0v) is 14.5. The van der Waals surface area contributed by atoms with Crippen LogP contribution in [0.2, 0.25) is 0 Å². The highest BCUT2D eigenvalue weighted by Crippen LogP contribution is 2.35. The second-order valence-corrected chi connectivity index (χ2v) is 5.89. The molecule has 0 aliphatic carbocycles. The van der Waals surface area contributed by atoms with Gasteiger partial charge < -0.3 is 19.3 Å². The van der Waals surface area contributed by atoms with Crippen LogP contribution in [-0.4, -0.2) is 34.3 Å². The molecule has 0 bridgehead atoms. The van der Waals surface area contributed by atoms with Gasteiger partial charge in [-0.15, -0.1) is 0 Å². The predicted molar refractivity (Wildman–Crippen MR) is 95.0 cm³/mol. The maximum absolute atomic E-state index is 12.1. The fourth-order valence-corrected chi connectivity index (χ4v) is 2.66. The van der Waals surface area contributed by atoms with E-state index in [1.165, 1.54) is 24.3 Å². The molecule has 0 saturated carbocycles. The van der Waals surface area contributed by atoms with Crippen LogP contribution >= 0.6 is 0 Å². The average molecular weight is 382 g/mol. The fourth-order valence-electron chi connectivity index (χ4n) is 2.66. The fraction of sp³-hybridized carbons (Fsp3) is 0.167. The molecule has 0 atom stereocenters. The summed E-state index contributed by atoms with van der Waals surface area (Å²) in [5.41, 5.74) is 0.790. The van der Waals surface area contributed by atoms with Crippen molar-refractivity contribution in [3.8, 4) is 22.9 Å². The van der Waals surface area contributed by atoms with E-state index >= 15 is 0 Å². The van der Waals surface area contributed by atoms with Gasteiger partial charge in [0.25, 0.3) is 11.6 Å². The van der Waals surface area contributed by atoms with Crippen LogP contribution in [0.1, 0.15) is 16.2 Å². The van der Waals surface area contributed by atoms with E-state index in [4.69, 9.17) is 14.0 Å². The van der Waals surface area contributed by atoms with Crippen molar-refractivity contribution in [3.05, 3.63) is 64.0 Å². The van der Waals surface area contributed by atoms with E-state index in [2.05, 4.69) is 15.5 Å². The molecule has 1 aromatic heterocycles. The molecule has 4 rings (SSSR count). The molecule has 0 saturated heterocycles. The molecule has 0 fully saturated rings. The minimum atomic E-state index is -0.549. The lowest BCUT2D eigenvalue weighted by molar-refractivity contribution is -0.384. The SMILES string of the molecule is O=C(NCCc1nc(-c2ccc3c(c2)OCO3)no1)c1cccc([N+](=O)[O-])c1. The first kappa shape index (κ1) is 17.5. The van der Waals surface area contributed by atoms with E-state index in [-0.39, 0.29) is 24.6 Å². The van der Waals surface area contributed by atoms with Crippen molar-refractivity contribution in [2.45, 2.75) is 6.42 Å². The van der Waals surface area contributed by atoms with Crippen molar-refractivity contribution >= 4 is 11.6 Å². The molecule has 0 unspecified atom stereocenters. The third kappa shape index (κ3) is 3.61. The summed E-state index contributed by atoms with van der Waals surface area (Å²) < 4.78 is 15.8. The van der Waals surface area contributed by atoms with Gasteiger partial charge in [-0.05, 0) is 24.3 Å². The molecule has 10 nitrogen and oxygen atoms in total. The molecular weight excluding hydrogens is 368 g/mol. The van der Waals surface area contributed by atoms with Gasteiger partial charge in [0.15, 0.2) is 11.5 Å². The number of rotatable bonds is 6. The lowest BCUT2D eigenvalue weighted by Crippen LogP contribution is -2.25. The number of benzene rings is 2. The maximum Gasteiger partial charge on any atom is 0.270 e. The summed E-state index contributed by atoms with van der Waals surface area (Å²) in [5.74, 6) is 1.62. The summed E-state index contributed by atoms with van der Waals surface area (Å²) in [6.45, 7) is 0.421. The molecule has 28 heavy (non-hydrogen) atoms. The van der Waals surface area contributed by atoms with Crippen LogP contribution < -0.4 is 14.8 Å². The number of nitrogens with one attached hydrogen (secondary N) is 1. The zero-order valence-electron chi connectivity index (χ0n) is 14.5. The summed E-state index contributed by atoms with van der Waals surface area (Å²) >= 11 is 0. The van der Waals surface area contributed by atoms with E-state index in [0.717, 1.165) is 5.56 Å². The zero-order chi connectivity index (χ0) is 19.5. The number of nitro groups is 1. The van der Waals surface area contributed by atoms with E-state index in [9.17, 15) is 14.9 Å². The van der Waals surface area contributed by atoms with Gasteiger partial charge in [-0.25, -0.2) is 0 Å². The van der Waals surface area contributed by atoms with Gasteiger partial charge in [0.1, 0.15) is 0 Å². The van der Waals surface area contributed by atoms with Crippen LogP contribution in [0.3, 0.4) is 0 Å². The Hall–Kier alpha value is -3.95. The third-order valence-corrected chi connectivity index (χ3v) is 4.04. The van der Waals surface area contributed by atoms with Gasteiger partial charge in [-0.3, -0.25) is 14.9 Å². The third-order valence-electron chi connectivity index (χ3n) is 4.04. The largest absolute Gasteiger partial charge is 0.454 e. The van der Waals surface area contributed by atoms with Crippen molar-refractivity contribution in [1.29, 1.82) is 0 Å². The van der Waals surface area contributed by atoms with Crippen LogP contribution in [0.25, 0.3) is 11.4 Å². The molecule has 3 aromatic rings. The Morgan fingerprint density at radius 3 is 2.89 bits per heavy atom. The van der Waals surface area contributed by atoms with E-state index in [1.807, 2.05) is 0 Å². The van der Waals surface area contributed by atoms with Crippen molar-refractivity contribution in [3.63, 3.8) is 0 Å². The number of nitrogens with zero attached hydrogens (tertiary/aromatic N) is 3. The maximum atomic E-state index is 12.1. The number of fused-ring (bicyclic) bond motifs is 1. The number of amides is 1. The first-order valence-electron chi connectivity index (χ1n) is 8.35. The van der Waals surface area contributed by atoms with E-state index in [0.29, 0.717) is 29.6 Å². The molecule has 1 N–H and O–H groups in total. The molecular formula is C18H14N4O6. The molecule has 0 spiro atoms.